The Kier molecular flexibility index (Phi) is 2.79. The normalized spacial score (nSPS) is 10.9. The Morgan fingerprint density at radius 3 is 2.37 bits per heavy atom. The average Bonchev–Trinajstić information content (AvgIpc) is 2.37. The summed E-state index contributed by atoms with van der Waals surface area (Å²) < 4.78 is 13.6. The number of aromatic nitrogens is 1. The zero-order valence-electron chi connectivity index (χ0n) is 10.9. The van der Waals surface area contributed by atoms with Gasteiger partial charge in [0.05, 0.1) is 11.2 Å². The molecular weight excluding hydrogens is 237 g/mol. The number of benzene rings is 2. The topological polar surface area (TPSA) is 12.9 Å². The molecule has 0 amide bonds. The number of fused-ring (bicyclic) bond motifs is 1. The summed E-state index contributed by atoms with van der Waals surface area (Å²) in [5, 5.41) is 0.565. The molecule has 2 aromatic carbocycles. The van der Waals surface area contributed by atoms with E-state index >= 15 is 0 Å². The third-order valence-corrected chi connectivity index (χ3v) is 3.20. The van der Waals surface area contributed by atoms with Gasteiger partial charge in [-0.2, -0.15) is 0 Å². The summed E-state index contributed by atoms with van der Waals surface area (Å²) in [6, 6.07) is 15.0. The Bertz CT molecular complexity index is 742. The molecule has 0 N–H and O–H groups in total. The van der Waals surface area contributed by atoms with Gasteiger partial charge in [-0.15, -0.1) is 0 Å². The number of halogens is 1. The third kappa shape index (κ3) is 2.22. The number of hydrogen-bond acceptors (Lipinski definition) is 1. The summed E-state index contributed by atoms with van der Waals surface area (Å²) in [7, 11) is 0. The smallest absolute Gasteiger partial charge is 0.132 e. The Hall–Kier alpha value is -2.22. The van der Waals surface area contributed by atoms with Gasteiger partial charge in [-0.1, -0.05) is 23.3 Å². The van der Waals surface area contributed by atoms with Gasteiger partial charge in [-0.3, -0.25) is 0 Å². The van der Waals surface area contributed by atoms with Crippen molar-refractivity contribution in [3.63, 3.8) is 0 Å². The first-order valence-electron chi connectivity index (χ1n) is 6.27. The second kappa shape index (κ2) is 4.47. The molecule has 1 nitrogen and oxygen atoms in total. The van der Waals surface area contributed by atoms with E-state index in [1.807, 2.05) is 12.1 Å². The van der Waals surface area contributed by atoms with E-state index in [2.05, 4.69) is 37.0 Å². The van der Waals surface area contributed by atoms with Crippen LogP contribution in [0, 0.1) is 19.7 Å². The molecule has 0 spiro atoms. The zero-order valence-corrected chi connectivity index (χ0v) is 10.9. The average molecular weight is 251 g/mol. The van der Waals surface area contributed by atoms with Crippen LogP contribution in [0.4, 0.5) is 4.39 Å². The number of nitrogens with zero attached hydrogens (tertiary/aromatic N) is 1. The molecule has 0 saturated carbocycles. The highest BCUT2D eigenvalue weighted by atomic mass is 19.1. The molecule has 0 radical (unpaired) electrons. The van der Waals surface area contributed by atoms with Crippen LogP contribution in [0.2, 0.25) is 0 Å². The first kappa shape index (κ1) is 11.8. The van der Waals surface area contributed by atoms with E-state index in [1.54, 1.807) is 12.1 Å². The highest BCUT2D eigenvalue weighted by Gasteiger charge is 2.05. The van der Waals surface area contributed by atoms with Crippen LogP contribution in [0.3, 0.4) is 0 Å². The maximum absolute atomic E-state index is 13.6. The highest BCUT2D eigenvalue weighted by molar-refractivity contribution is 5.82. The van der Waals surface area contributed by atoms with Crippen LogP contribution in [-0.2, 0) is 0 Å². The molecule has 0 atom stereocenters. The Labute approximate surface area is 111 Å². The summed E-state index contributed by atoms with van der Waals surface area (Å²) in [5.74, 6) is -0.225. The summed E-state index contributed by atoms with van der Waals surface area (Å²) in [4.78, 5) is 4.55. The lowest BCUT2D eigenvalue weighted by Crippen LogP contribution is -1.89. The molecule has 0 bridgehead atoms. The van der Waals surface area contributed by atoms with Crippen LogP contribution in [0.25, 0.3) is 22.2 Å². The predicted octanol–water partition coefficient (Wildman–Crippen LogP) is 4.66. The van der Waals surface area contributed by atoms with Crippen molar-refractivity contribution in [1.82, 2.24) is 4.98 Å². The van der Waals surface area contributed by atoms with Crippen LogP contribution >= 0.6 is 0 Å². The molecule has 0 unspecified atom stereocenters. The minimum Gasteiger partial charge on any atom is -0.248 e. The van der Waals surface area contributed by atoms with Crippen molar-refractivity contribution in [3.8, 4) is 11.3 Å². The van der Waals surface area contributed by atoms with Crippen molar-refractivity contribution in [1.29, 1.82) is 0 Å². The second-order valence-electron chi connectivity index (χ2n) is 4.88. The lowest BCUT2D eigenvalue weighted by Gasteiger charge is -2.06. The SMILES string of the molecule is Cc1cc(C)cc(-c2ccc3c(F)cccc3n2)c1. The largest absolute Gasteiger partial charge is 0.248 e. The first-order valence-corrected chi connectivity index (χ1v) is 6.27. The van der Waals surface area contributed by atoms with Crippen LogP contribution < -0.4 is 0 Å². The summed E-state index contributed by atoms with van der Waals surface area (Å²) in [6.45, 7) is 4.13. The quantitative estimate of drug-likeness (QED) is 0.613. The van der Waals surface area contributed by atoms with Crippen LogP contribution in [0.15, 0.2) is 48.5 Å². The van der Waals surface area contributed by atoms with E-state index in [9.17, 15) is 4.39 Å². The fourth-order valence-corrected chi connectivity index (χ4v) is 2.40. The predicted molar refractivity (Wildman–Crippen MR) is 76.6 cm³/mol. The standard InChI is InChI=1S/C17H14FN/c1-11-8-12(2)10-13(9-11)16-7-6-14-15(18)4-3-5-17(14)19-16/h3-10H,1-2H3. The van der Waals surface area contributed by atoms with Crippen LogP contribution in [-0.4, -0.2) is 4.98 Å². The van der Waals surface area contributed by atoms with E-state index in [1.165, 1.54) is 17.2 Å². The third-order valence-electron chi connectivity index (χ3n) is 3.20. The molecule has 3 rings (SSSR count). The molecule has 94 valence electrons. The fourth-order valence-electron chi connectivity index (χ4n) is 2.40. The summed E-state index contributed by atoms with van der Waals surface area (Å²) in [6.07, 6.45) is 0. The van der Waals surface area contributed by atoms with Gasteiger partial charge < -0.3 is 0 Å². The van der Waals surface area contributed by atoms with E-state index < -0.39 is 0 Å². The van der Waals surface area contributed by atoms with Crippen LogP contribution in [0.1, 0.15) is 11.1 Å². The van der Waals surface area contributed by atoms with Crippen molar-refractivity contribution >= 4 is 10.9 Å². The molecule has 2 heteroatoms. The van der Waals surface area contributed by atoms with E-state index in [-0.39, 0.29) is 5.82 Å². The number of rotatable bonds is 1. The van der Waals surface area contributed by atoms with E-state index in [0.717, 1.165) is 11.3 Å². The molecule has 19 heavy (non-hydrogen) atoms. The lowest BCUT2D eigenvalue weighted by molar-refractivity contribution is 0.639. The van der Waals surface area contributed by atoms with Gasteiger partial charge in [0, 0.05) is 10.9 Å². The summed E-state index contributed by atoms with van der Waals surface area (Å²) >= 11 is 0. The first-order chi connectivity index (χ1) is 9.13. The van der Waals surface area contributed by atoms with Crippen LogP contribution in [0.5, 0.6) is 0 Å². The molecule has 1 aromatic heterocycles. The van der Waals surface area contributed by atoms with Gasteiger partial charge in [0.1, 0.15) is 5.82 Å². The Morgan fingerprint density at radius 1 is 0.895 bits per heavy atom. The maximum Gasteiger partial charge on any atom is 0.132 e. The molecule has 0 aliphatic carbocycles. The number of aryl methyl sites for hydroxylation is 2. The van der Waals surface area contributed by atoms with Gasteiger partial charge in [-0.05, 0) is 50.2 Å². The van der Waals surface area contributed by atoms with Gasteiger partial charge in [0.2, 0.25) is 0 Å². The molecule has 0 saturated heterocycles. The fraction of sp³-hybridized carbons (Fsp3) is 0.118. The Morgan fingerprint density at radius 2 is 1.63 bits per heavy atom. The van der Waals surface area contributed by atoms with Crippen molar-refractivity contribution in [2.24, 2.45) is 0 Å². The number of hydrogen-bond donors (Lipinski definition) is 0. The van der Waals surface area contributed by atoms with Gasteiger partial charge in [0.25, 0.3) is 0 Å². The molecule has 0 aliphatic rings. The monoisotopic (exact) mass is 251 g/mol. The maximum atomic E-state index is 13.6. The lowest BCUT2D eigenvalue weighted by atomic mass is 10.0. The minimum atomic E-state index is -0.225. The van der Waals surface area contributed by atoms with E-state index in [0.29, 0.717) is 10.9 Å². The highest BCUT2D eigenvalue weighted by Crippen LogP contribution is 2.24. The van der Waals surface area contributed by atoms with Crippen molar-refractivity contribution in [2.75, 3.05) is 0 Å². The molecule has 0 fully saturated rings. The minimum absolute atomic E-state index is 0.225. The van der Waals surface area contributed by atoms with Gasteiger partial charge >= 0.3 is 0 Å². The number of pyridine rings is 1. The van der Waals surface area contributed by atoms with Crippen molar-refractivity contribution in [2.45, 2.75) is 13.8 Å². The molecular formula is C17H14FN. The zero-order chi connectivity index (χ0) is 13.4. The molecule has 3 aromatic rings. The Balaban J connectivity index is 2.20. The molecule has 0 aliphatic heterocycles. The second-order valence-corrected chi connectivity index (χ2v) is 4.88. The van der Waals surface area contributed by atoms with Gasteiger partial charge in [-0.25, -0.2) is 9.37 Å². The van der Waals surface area contributed by atoms with Crippen molar-refractivity contribution < 1.29 is 4.39 Å². The van der Waals surface area contributed by atoms with Gasteiger partial charge in [0.15, 0.2) is 0 Å². The molecule has 1 heterocycles. The van der Waals surface area contributed by atoms with Crippen molar-refractivity contribution in [3.05, 3.63) is 65.5 Å². The van der Waals surface area contributed by atoms with E-state index in [4.69, 9.17) is 0 Å². The summed E-state index contributed by atoms with van der Waals surface area (Å²) in [5.41, 5.74) is 5.05.